The molecule has 0 bridgehead atoms. The number of para-hydroxylation sites is 1. The average molecular weight is 474 g/mol. The maximum Gasteiger partial charge on any atom is 0.338 e. The van der Waals surface area contributed by atoms with E-state index >= 15 is 0 Å². The lowest BCUT2D eigenvalue weighted by Gasteiger charge is -2.33. The van der Waals surface area contributed by atoms with Crippen molar-refractivity contribution in [1.29, 1.82) is 0 Å². The quantitative estimate of drug-likeness (QED) is 0.407. The zero-order valence-electron chi connectivity index (χ0n) is 19.1. The number of aromatic carboxylic acids is 1. The maximum absolute atomic E-state index is 13.3. The molecule has 178 valence electrons. The van der Waals surface area contributed by atoms with Crippen molar-refractivity contribution in [2.75, 3.05) is 25.2 Å². The fourth-order valence-electron chi connectivity index (χ4n) is 3.75. The highest BCUT2D eigenvalue weighted by Crippen LogP contribution is 2.29. The monoisotopic (exact) mass is 474 g/mol. The number of urea groups is 1. The largest absolute Gasteiger partial charge is 0.478 e. The Labute approximate surface area is 200 Å². The number of hydrogen-bond donors (Lipinski definition) is 1. The number of hydrogen-bond acceptors (Lipinski definition) is 6. The van der Waals surface area contributed by atoms with Crippen molar-refractivity contribution in [1.82, 2.24) is 4.90 Å². The van der Waals surface area contributed by atoms with E-state index in [1.165, 1.54) is 25.3 Å². The molecule has 35 heavy (non-hydrogen) atoms. The van der Waals surface area contributed by atoms with Crippen LogP contribution in [-0.2, 0) is 14.3 Å². The van der Waals surface area contributed by atoms with E-state index in [-0.39, 0.29) is 30.0 Å². The van der Waals surface area contributed by atoms with Crippen LogP contribution in [0.1, 0.15) is 21.7 Å². The molecule has 1 fully saturated rings. The number of nitrogens with zero attached hydrogens (tertiary/aromatic N) is 2. The van der Waals surface area contributed by atoms with Crippen LogP contribution in [0.5, 0.6) is 0 Å². The first kappa shape index (κ1) is 23.7. The Hall–Kier alpha value is -4.50. The minimum atomic E-state index is -1.03. The van der Waals surface area contributed by atoms with Gasteiger partial charge >= 0.3 is 12.0 Å². The Morgan fingerprint density at radius 2 is 1.77 bits per heavy atom. The normalized spacial score (nSPS) is 15.3. The van der Waals surface area contributed by atoms with E-state index in [0.29, 0.717) is 22.6 Å². The molecule has 1 saturated heterocycles. The highest BCUT2D eigenvalue weighted by atomic mass is 16.5. The summed E-state index contributed by atoms with van der Waals surface area (Å²) in [7, 11) is 1.45. The number of methoxy groups -OCH3 is 1. The van der Waals surface area contributed by atoms with Gasteiger partial charge in [0, 0.05) is 12.7 Å². The van der Waals surface area contributed by atoms with Gasteiger partial charge in [0.1, 0.15) is 17.1 Å². The molecule has 1 aliphatic rings. The van der Waals surface area contributed by atoms with Gasteiger partial charge in [-0.1, -0.05) is 24.3 Å². The molecule has 0 radical (unpaired) electrons. The second-order valence-corrected chi connectivity index (χ2v) is 7.80. The number of benzene rings is 2. The van der Waals surface area contributed by atoms with Crippen molar-refractivity contribution >= 4 is 35.6 Å². The van der Waals surface area contributed by atoms with Crippen molar-refractivity contribution < 1.29 is 33.4 Å². The molecule has 9 heteroatoms. The van der Waals surface area contributed by atoms with Crippen LogP contribution >= 0.6 is 0 Å². The van der Waals surface area contributed by atoms with Crippen LogP contribution in [0.3, 0.4) is 0 Å². The molecule has 0 atom stereocenters. The number of barbiturate groups is 1. The van der Waals surface area contributed by atoms with Crippen LogP contribution < -0.4 is 4.90 Å². The van der Waals surface area contributed by atoms with Crippen LogP contribution in [0.15, 0.2) is 70.7 Å². The van der Waals surface area contributed by atoms with Gasteiger partial charge in [0.2, 0.25) is 0 Å². The van der Waals surface area contributed by atoms with Crippen molar-refractivity contribution in [3.05, 3.63) is 83.1 Å². The highest BCUT2D eigenvalue weighted by molar-refractivity contribution is 6.39. The lowest BCUT2D eigenvalue weighted by atomic mass is 10.0. The Bertz CT molecular complexity index is 1340. The molecule has 1 aliphatic heterocycles. The van der Waals surface area contributed by atoms with Crippen LogP contribution in [0.4, 0.5) is 10.5 Å². The molecule has 1 aromatic heterocycles. The summed E-state index contributed by atoms with van der Waals surface area (Å²) in [6, 6.07) is 15.5. The van der Waals surface area contributed by atoms with E-state index < -0.39 is 23.8 Å². The second kappa shape index (κ2) is 9.78. The van der Waals surface area contributed by atoms with E-state index in [4.69, 9.17) is 14.3 Å². The number of rotatable bonds is 7. The van der Waals surface area contributed by atoms with Gasteiger partial charge in [-0.3, -0.25) is 14.5 Å². The van der Waals surface area contributed by atoms with Gasteiger partial charge in [0.15, 0.2) is 0 Å². The van der Waals surface area contributed by atoms with Crippen LogP contribution in [0.25, 0.3) is 17.4 Å². The third kappa shape index (κ3) is 4.62. The summed E-state index contributed by atoms with van der Waals surface area (Å²) in [5.74, 6) is -1.87. The molecule has 1 N–H and O–H groups in total. The van der Waals surface area contributed by atoms with Gasteiger partial charge in [0.05, 0.1) is 24.4 Å². The Morgan fingerprint density at radius 3 is 2.43 bits per heavy atom. The van der Waals surface area contributed by atoms with Gasteiger partial charge in [-0.15, -0.1) is 0 Å². The van der Waals surface area contributed by atoms with E-state index in [9.17, 15) is 19.2 Å². The van der Waals surface area contributed by atoms with E-state index in [2.05, 4.69) is 0 Å². The predicted molar refractivity (Wildman–Crippen MR) is 127 cm³/mol. The van der Waals surface area contributed by atoms with Crippen LogP contribution in [0.2, 0.25) is 0 Å². The number of carboxylic acids is 1. The van der Waals surface area contributed by atoms with Crippen molar-refractivity contribution in [2.24, 2.45) is 0 Å². The molecule has 4 amide bonds. The first-order valence-corrected chi connectivity index (χ1v) is 10.7. The lowest BCUT2D eigenvalue weighted by Crippen LogP contribution is -2.57. The molecule has 2 aromatic carbocycles. The second-order valence-electron chi connectivity index (χ2n) is 7.80. The summed E-state index contributed by atoms with van der Waals surface area (Å²) >= 11 is 0. The molecular formula is C26H22N2O7. The topological polar surface area (TPSA) is 117 Å². The summed E-state index contributed by atoms with van der Waals surface area (Å²) in [5, 5.41) is 9.17. The zero-order valence-corrected chi connectivity index (χ0v) is 19.1. The zero-order chi connectivity index (χ0) is 25.1. The summed E-state index contributed by atoms with van der Waals surface area (Å²) in [6.07, 6.45) is 1.30. The summed E-state index contributed by atoms with van der Waals surface area (Å²) < 4.78 is 10.9. The summed E-state index contributed by atoms with van der Waals surface area (Å²) in [5.41, 5.74) is 1.61. The number of furan rings is 1. The average Bonchev–Trinajstić information content (AvgIpc) is 3.30. The minimum Gasteiger partial charge on any atom is -0.478 e. The number of carbonyl (C=O) groups is 4. The molecule has 4 rings (SSSR count). The van der Waals surface area contributed by atoms with Gasteiger partial charge in [-0.25, -0.2) is 14.5 Å². The minimum absolute atomic E-state index is 0.0271. The van der Waals surface area contributed by atoms with Crippen molar-refractivity contribution in [2.45, 2.75) is 6.92 Å². The SMILES string of the molecule is COCCN1C(=O)/C(=C/c2ccc(-c3ccc(C(=O)O)cc3C)o2)C(=O)N(c2ccccc2)C1=O. The maximum atomic E-state index is 13.3. The molecule has 0 saturated carbocycles. The molecule has 3 aromatic rings. The summed E-state index contributed by atoms with van der Waals surface area (Å²) in [6.45, 7) is 1.84. The first-order chi connectivity index (χ1) is 16.8. The fourth-order valence-corrected chi connectivity index (χ4v) is 3.75. The highest BCUT2D eigenvalue weighted by Gasteiger charge is 2.42. The van der Waals surface area contributed by atoms with E-state index in [0.717, 1.165) is 9.80 Å². The smallest absolute Gasteiger partial charge is 0.338 e. The Morgan fingerprint density at radius 1 is 1.03 bits per heavy atom. The molecule has 0 unspecified atom stereocenters. The third-order valence-electron chi connectivity index (χ3n) is 5.52. The van der Waals surface area contributed by atoms with Crippen molar-refractivity contribution in [3.63, 3.8) is 0 Å². The van der Waals surface area contributed by atoms with Crippen LogP contribution in [0, 0.1) is 6.92 Å². The number of carboxylic acid groups (broad SMARTS) is 1. The lowest BCUT2D eigenvalue weighted by molar-refractivity contribution is -0.129. The number of aryl methyl sites for hydroxylation is 1. The molecule has 9 nitrogen and oxygen atoms in total. The third-order valence-corrected chi connectivity index (χ3v) is 5.52. The number of amides is 4. The van der Waals surface area contributed by atoms with Crippen LogP contribution in [-0.4, -0.2) is 54.1 Å². The summed E-state index contributed by atoms with van der Waals surface area (Å²) in [4.78, 5) is 52.5. The van der Waals surface area contributed by atoms with E-state index in [1.807, 2.05) is 0 Å². The number of imide groups is 2. The number of anilines is 1. The number of carbonyl (C=O) groups excluding carboxylic acids is 3. The fraction of sp³-hybridized carbons (Fsp3) is 0.154. The van der Waals surface area contributed by atoms with Crippen molar-refractivity contribution in [3.8, 4) is 11.3 Å². The number of ether oxygens (including phenoxy) is 1. The molecule has 0 aliphatic carbocycles. The standard InChI is InChI=1S/C26H22N2O7/c1-16-14-17(25(31)32)8-10-20(16)22-11-9-19(35-22)15-21-23(29)27(12-13-34-2)26(33)28(24(21)30)18-6-4-3-5-7-18/h3-11,14-15H,12-13H2,1-2H3,(H,31,32)/b21-15-. The van der Waals surface area contributed by atoms with Gasteiger partial charge in [0.25, 0.3) is 11.8 Å². The molecule has 0 spiro atoms. The van der Waals surface area contributed by atoms with Gasteiger partial charge < -0.3 is 14.3 Å². The Kier molecular flexibility index (Phi) is 6.61. The van der Waals surface area contributed by atoms with Gasteiger partial charge in [-0.05, 0) is 55.0 Å². The first-order valence-electron chi connectivity index (χ1n) is 10.7. The van der Waals surface area contributed by atoms with E-state index in [1.54, 1.807) is 55.5 Å². The predicted octanol–water partition coefficient (Wildman–Crippen LogP) is 3.98. The molecular weight excluding hydrogens is 452 g/mol. The molecule has 2 heterocycles. The van der Waals surface area contributed by atoms with Gasteiger partial charge in [-0.2, -0.15) is 0 Å². The Balaban J connectivity index is 1.72.